The van der Waals surface area contributed by atoms with Crippen molar-refractivity contribution in [2.45, 2.75) is 145 Å². The van der Waals surface area contributed by atoms with Crippen LogP contribution in [-0.2, 0) is 20.4 Å². The average Bonchev–Trinajstić information content (AvgIpc) is 3.36. The van der Waals surface area contributed by atoms with Crippen LogP contribution in [0.2, 0.25) is 0 Å². The molecule has 5 heteroatoms. The molecule has 0 N–H and O–H groups in total. The molecule has 0 nitrogen and oxygen atoms in total. The van der Waals surface area contributed by atoms with Crippen LogP contribution in [0.1, 0.15) is 178 Å². The fourth-order valence-electron chi connectivity index (χ4n) is 7.16. The maximum atomic E-state index is 2.65. The molecule has 0 heterocycles. The molecule has 0 saturated heterocycles. The van der Waals surface area contributed by atoms with Crippen LogP contribution in [0.15, 0.2) is 75.3 Å². The molecule has 3 aromatic carbocycles. The van der Waals surface area contributed by atoms with E-state index in [0.29, 0.717) is 35.5 Å². The fraction of sp³-hybridized carbons (Fsp3) is 0.500. The van der Waals surface area contributed by atoms with Crippen LogP contribution >= 0.6 is 0 Å². The second-order valence-corrected chi connectivity index (χ2v) is 20.5. The van der Waals surface area contributed by atoms with Crippen molar-refractivity contribution in [3.05, 3.63) is 109 Å². The van der Waals surface area contributed by atoms with Crippen molar-refractivity contribution in [3.8, 4) is 0 Å². The van der Waals surface area contributed by atoms with Crippen LogP contribution in [0, 0.1) is 0 Å². The van der Waals surface area contributed by atoms with E-state index in [1.54, 1.807) is 30.2 Å². The molecule has 1 aliphatic rings. The third-order valence-electron chi connectivity index (χ3n) is 10.4. The van der Waals surface area contributed by atoms with Gasteiger partial charge in [0.2, 0.25) is 0 Å². The summed E-state index contributed by atoms with van der Waals surface area (Å²) < 4.78 is 1.57. The van der Waals surface area contributed by atoms with Gasteiger partial charge in [-0.25, -0.2) is 0 Å². The topological polar surface area (TPSA) is 0 Å². The number of hydrogen-bond donors (Lipinski definition) is 0. The third-order valence-corrected chi connectivity index (χ3v) is 16.6. The Labute approximate surface area is 332 Å². The second-order valence-electron chi connectivity index (χ2n) is 15.9. The van der Waals surface area contributed by atoms with E-state index in [1.165, 1.54) is 39.8 Å². The van der Waals surface area contributed by atoms with Crippen molar-refractivity contribution in [1.82, 2.24) is 0 Å². The van der Waals surface area contributed by atoms with Gasteiger partial charge in [0.05, 0.1) is 0 Å². The van der Waals surface area contributed by atoms with Gasteiger partial charge in [0, 0.05) is 0 Å². The Morgan fingerprint density at radius 3 is 0.980 bits per heavy atom. The number of halogens is 3. The van der Waals surface area contributed by atoms with Crippen LogP contribution < -0.4 is 52.8 Å². The predicted molar refractivity (Wildman–Crippen MR) is 203 cm³/mol. The predicted octanol–water partition coefficient (Wildman–Crippen LogP) is 2.38. The largest absolute Gasteiger partial charge is 1.00 e. The maximum Gasteiger partial charge on any atom is -1.00 e. The van der Waals surface area contributed by atoms with Gasteiger partial charge < -0.3 is 37.2 Å². The zero-order chi connectivity index (χ0) is 34.1. The van der Waals surface area contributed by atoms with Gasteiger partial charge in [0.15, 0.2) is 0 Å². The van der Waals surface area contributed by atoms with Gasteiger partial charge in [-0.1, -0.05) is 0 Å². The van der Waals surface area contributed by atoms with E-state index in [9.17, 15) is 0 Å². The third kappa shape index (κ3) is 9.68. The molecule has 0 saturated carbocycles. The minimum atomic E-state index is -2.76. The Morgan fingerprint density at radius 1 is 0.490 bits per heavy atom. The van der Waals surface area contributed by atoms with E-state index < -0.39 is 8.07 Å². The Bertz CT molecular complexity index is 1380. The normalized spacial score (nSPS) is 13.4. The number of hydrogen-bond acceptors (Lipinski definition) is 0. The Balaban J connectivity index is 0.00000400. The molecule has 0 aromatic heterocycles. The summed E-state index contributed by atoms with van der Waals surface area (Å²) in [6, 6.07) is 23.4. The Morgan fingerprint density at radius 2 is 0.755 bits per heavy atom. The first kappa shape index (κ1) is 46.0. The van der Waals surface area contributed by atoms with Crippen molar-refractivity contribution >= 4 is 23.6 Å². The fourth-order valence-corrected chi connectivity index (χ4v) is 13.8. The van der Waals surface area contributed by atoms with E-state index in [2.05, 4.69) is 171 Å². The molecule has 266 valence electrons. The second kappa shape index (κ2) is 19.1. The van der Waals surface area contributed by atoms with Crippen LogP contribution in [0.4, 0.5) is 0 Å². The summed E-state index contributed by atoms with van der Waals surface area (Å²) in [5, 5.41) is 6.44. The molecule has 0 spiro atoms. The van der Waals surface area contributed by atoms with Gasteiger partial charge in [0.1, 0.15) is 0 Å². The molecule has 0 amide bonds. The van der Waals surface area contributed by atoms with Crippen molar-refractivity contribution < 1.29 is 57.7 Å². The van der Waals surface area contributed by atoms with Crippen LogP contribution in [-0.4, -0.2) is 8.07 Å². The minimum absolute atomic E-state index is 0. The smallest absolute Gasteiger partial charge is 1.00 e. The summed E-state index contributed by atoms with van der Waals surface area (Å²) in [5.74, 6) is 2.82. The average molecular weight is 772 g/mol. The van der Waals surface area contributed by atoms with Crippen molar-refractivity contribution in [2.75, 3.05) is 0 Å². The monoisotopic (exact) mass is 770 g/mol. The Kier molecular flexibility index (Phi) is 18.0. The zero-order valence-corrected chi connectivity index (χ0v) is 37.3. The first-order chi connectivity index (χ1) is 21.6. The van der Waals surface area contributed by atoms with Crippen LogP contribution in [0.3, 0.4) is 0 Å². The van der Waals surface area contributed by atoms with E-state index in [4.69, 9.17) is 0 Å². The van der Waals surface area contributed by atoms with Gasteiger partial charge in [0.25, 0.3) is 0 Å². The molecular weight excluding hydrogens is 711 g/mol. The summed E-state index contributed by atoms with van der Waals surface area (Å²) >= 11 is 2.46. The van der Waals surface area contributed by atoms with Gasteiger partial charge in [-0.05, 0) is 0 Å². The molecule has 0 aliphatic heterocycles. The minimum Gasteiger partial charge on any atom is -1.00 e. The SMILES string of the molecule is CCCC1=CCC([Si](c2cc(C(C)C)cc(C(C)C)c2)(c2cc(C(C)C)cc(C(C)C)c2)c2cc(C(C)C)cc(C(C)C)c2)=[C]1[Ti+3].[Cl-].[Cl-].[Cl-]. The van der Waals surface area contributed by atoms with Crippen molar-refractivity contribution in [3.63, 3.8) is 0 Å². The van der Waals surface area contributed by atoms with E-state index in [-0.39, 0.29) is 37.2 Å². The van der Waals surface area contributed by atoms with Crippen molar-refractivity contribution in [2.24, 2.45) is 0 Å². The first-order valence-electron chi connectivity index (χ1n) is 18.2. The number of allylic oxidation sites excluding steroid dienone is 4. The molecule has 4 rings (SSSR count). The molecule has 0 bridgehead atoms. The molecule has 0 fully saturated rings. The van der Waals surface area contributed by atoms with Gasteiger partial charge in [-0.15, -0.1) is 0 Å². The van der Waals surface area contributed by atoms with Gasteiger partial charge in [-0.3, -0.25) is 0 Å². The summed E-state index contributed by atoms with van der Waals surface area (Å²) in [4.78, 5) is 0. The maximum absolute atomic E-state index is 2.76. The molecule has 1 aliphatic carbocycles. The van der Waals surface area contributed by atoms with Crippen LogP contribution in [0.5, 0.6) is 0 Å². The summed E-state index contributed by atoms with van der Waals surface area (Å²) in [6.07, 6.45) is 6.00. The molecule has 0 unspecified atom stereocenters. The van der Waals surface area contributed by atoms with Crippen molar-refractivity contribution in [1.29, 1.82) is 0 Å². The molecule has 3 aromatic rings. The van der Waals surface area contributed by atoms with Gasteiger partial charge >= 0.3 is 298 Å². The zero-order valence-electron chi connectivity index (χ0n) is 32.5. The summed E-state index contributed by atoms with van der Waals surface area (Å²) in [5.41, 5.74) is 10.4. The van der Waals surface area contributed by atoms with E-state index in [1.807, 2.05) is 0 Å². The molecule has 0 atom stereocenters. The first-order valence-corrected chi connectivity index (χ1v) is 21.0. The summed E-state index contributed by atoms with van der Waals surface area (Å²) in [6.45, 7) is 30.8. The van der Waals surface area contributed by atoms with Crippen LogP contribution in [0.25, 0.3) is 0 Å². The standard InChI is InChI=1S/C44H61Si.3ClH.Ti/c1-14-15-34-16-17-41(18-34)45(42-22-35(28(2)3)19-36(23-42)29(4)5,43-24-37(30(6)7)20-38(25-43)31(8)9)44-26-39(32(10)11)21-40(27-44)33(12)13;;;;/h16,19-33H,14-15,17H2,1-13H3;3*1H;/q;;;;+3/p-3. The van der Waals surface area contributed by atoms with E-state index >= 15 is 0 Å². The number of rotatable bonds is 12. The Hall–Kier alpha value is -1.06. The molecule has 49 heavy (non-hydrogen) atoms. The molecular formula is C44H61Cl3SiTi. The van der Waals surface area contributed by atoms with E-state index in [0.717, 1.165) is 12.8 Å². The quantitative estimate of drug-likeness (QED) is 0.196. The number of benzene rings is 3. The van der Waals surface area contributed by atoms with Gasteiger partial charge in [-0.2, -0.15) is 0 Å². The molecule has 0 radical (unpaired) electrons. The summed E-state index contributed by atoms with van der Waals surface area (Å²) in [7, 11) is -2.76.